The number of ether oxygens (including phenoxy) is 1. The van der Waals surface area contributed by atoms with Gasteiger partial charge < -0.3 is 4.74 Å². The van der Waals surface area contributed by atoms with Gasteiger partial charge in [-0.05, 0) is 24.5 Å². The third-order valence-electron chi connectivity index (χ3n) is 3.43. The molecule has 1 unspecified atom stereocenters. The van der Waals surface area contributed by atoms with E-state index in [1.165, 1.54) is 5.57 Å². The van der Waals surface area contributed by atoms with Gasteiger partial charge in [-0.3, -0.25) is 0 Å². The fourth-order valence-electron chi connectivity index (χ4n) is 2.20. The minimum Gasteiger partial charge on any atom is -0.489 e. The normalized spacial score (nSPS) is 24.1. The summed E-state index contributed by atoms with van der Waals surface area (Å²) in [6.07, 6.45) is 8.28. The van der Waals surface area contributed by atoms with Gasteiger partial charge >= 0.3 is 0 Å². The van der Waals surface area contributed by atoms with Crippen LogP contribution < -0.4 is 0 Å². The Kier molecular flexibility index (Phi) is 4.86. The van der Waals surface area contributed by atoms with Crippen LogP contribution in [0.5, 0.6) is 0 Å². The fourth-order valence-corrected chi connectivity index (χ4v) is 2.69. The highest BCUT2D eigenvalue weighted by atomic mass is 35.5. The number of hydrogen-bond acceptors (Lipinski definition) is 1. The molecular weight excluding hydrogens is 278 g/mol. The molecule has 0 saturated carbocycles. The first-order valence-corrected chi connectivity index (χ1v) is 7.32. The quantitative estimate of drug-likeness (QED) is 0.681. The molecule has 19 heavy (non-hydrogen) atoms. The number of hydrogen-bond donors (Lipinski definition) is 0. The maximum atomic E-state index is 6.29. The van der Waals surface area contributed by atoms with Crippen molar-refractivity contribution in [2.24, 2.45) is 5.92 Å². The van der Waals surface area contributed by atoms with Gasteiger partial charge in [-0.25, -0.2) is 0 Å². The Hall–Kier alpha value is -0.595. The van der Waals surface area contributed by atoms with Crippen LogP contribution in [0.25, 0.3) is 0 Å². The summed E-state index contributed by atoms with van der Waals surface area (Å²) in [4.78, 5) is 0. The second-order valence-electron chi connectivity index (χ2n) is 5.21. The van der Waals surface area contributed by atoms with Crippen molar-refractivity contribution in [3.05, 3.63) is 45.1 Å². The van der Waals surface area contributed by atoms with Gasteiger partial charge in [0.1, 0.15) is 19.7 Å². The lowest BCUT2D eigenvalue weighted by Gasteiger charge is -2.25. The van der Waals surface area contributed by atoms with Crippen LogP contribution in [0.15, 0.2) is 45.1 Å². The maximum absolute atomic E-state index is 6.29. The number of halogens is 2. The molecule has 0 amide bonds. The van der Waals surface area contributed by atoms with Gasteiger partial charge in [0.05, 0.1) is 5.03 Å². The zero-order valence-electron chi connectivity index (χ0n) is 11.2. The molecule has 2 aliphatic carbocycles. The van der Waals surface area contributed by atoms with E-state index in [1.54, 1.807) is 0 Å². The summed E-state index contributed by atoms with van der Waals surface area (Å²) in [6.45, 7) is 4.36. The van der Waals surface area contributed by atoms with Crippen LogP contribution in [0.1, 0.15) is 33.1 Å². The van der Waals surface area contributed by atoms with Crippen LogP contribution in [-0.2, 0) is 4.74 Å². The summed E-state index contributed by atoms with van der Waals surface area (Å²) in [5, 5.41) is 1.27. The van der Waals surface area contributed by atoms with Gasteiger partial charge in [-0.15, -0.1) is 0 Å². The van der Waals surface area contributed by atoms with Crippen molar-refractivity contribution in [3.63, 3.8) is 0 Å². The molecule has 0 fully saturated rings. The molecule has 2 aliphatic rings. The molecule has 0 heterocycles. The fraction of sp³-hybridized carbons (Fsp3) is 0.467. The molecule has 0 N–H and O–H groups in total. The second kappa shape index (κ2) is 6.24. The molecule has 0 aromatic carbocycles. The first kappa shape index (κ1) is 14.8. The summed E-state index contributed by atoms with van der Waals surface area (Å²) < 4.78 is 5.93. The first-order valence-electron chi connectivity index (χ1n) is 6.56. The highest BCUT2D eigenvalue weighted by molar-refractivity contribution is 6.41. The summed E-state index contributed by atoms with van der Waals surface area (Å²) in [6, 6.07) is 0. The monoisotopic (exact) mass is 294 g/mol. The van der Waals surface area contributed by atoms with Gasteiger partial charge in [0.25, 0.3) is 0 Å². The molecule has 2 rings (SSSR count). The van der Waals surface area contributed by atoms with Crippen molar-refractivity contribution in [1.29, 1.82) is 0 Å². The average molecular weight is 295 g/mol. The molecule has 1 atom stereocenters. The van der Waals surface area contributed by atoms with Gasteiger partial charge in [0, 0.05) is 17.9 Å². The molecular formula is C15H17BCl2O. The molecule has 0 saturated heterocycles. The lowest BCUT2D eigenvalue weighted by atomic mass is 9.89. The molecule has 2 radical (unpaired) electrons. The van der Waals surface area contributed by atoms with E-state index >= 15 is 0 Å². The Bertz CT molecular complexity index is 486. The van der Waals surface area contributed by atoms with Crippen molar-refractivity contribution in [1.82, 2.24) is 0 Å². The molecule has 0 aromatic heterocycles. The third-order valence-corrected chi connectivity index (χ3v) is 4.10. The van der Waals surface area contributed by atoms with Crippen LogP contribution in [0.3, 0.4) is 0 Å². The zero-order valence-corrected chi connectivity index (χ0v) is 12.8. The Morgan fingerprint density at radius 1 is 1.32 bits per heavy atom. The standard InChI is InChI=1S/C15H17BCl2O/c1-9(2)10-3-6-15(14(18)7-10)19-11-4-5-12(16)13(17)8-11/h5,7-9,11H,3-4,6H2,1-2H3. The van der Waals surface area contributed by atoms with Crippen molar-refractivity contribution in [3.8, 4) is 0 Å². The van der Waals surface area contributed by atoms with E-state index in [4.69, 9.17) is 35.8 Å². The maximum Gasteiger partial charge on any atom is 0.122 e. The smallest absolute Gasteiger partial charge is 0.122 e. The van der Waals surface area contributed by atoms with Crippen LogP contribution in [0.2, 0.25) is 0 Å². The lowest BCUT2D eigenvalue weighted by molar-refractivity contribution is 0.145. The van der Waals surface area contributed by atoms with Crippen molar-refractivity contribution < 1.29 is 4.74 Å². The molecule has 0 aromatic rings. The Balaban J connectivity index is 2.07. The van der Waals surface area contributed by atoms with Crippen LogP contribution >= 0.6 is 23.2 Å². The summed E-state index contributed by atoms with van der Waals surface area (Å²) in [5.74, 6) is 1.38. The van der Waals surface area contributed by atoms with Crippen LogP contribution in [0.4, 0.5) is 0 Å². The van der Waals surface area contributed by atoms with E-state index in [-0.39, 0.29) is 6.10 Å². The van der Waals surface area contributed by atoms with Crippen molar-refractivity contribution in [2.75, 3.05) is 0 Å². The number of allylic oxidation sites excluding steroid dienone is 6. The molecule has 0 spiro atoms. The minimum absolute atomic E-state index is 0.0717. The highest BCUT2D eigenvalue weighted by Crippen LogP contribution is 2.33. The average Bonchev–Trinajstić information content (AvgIpc) is 2.36. The van der Waals surface area contributed by atoms with Crippen molar-refractivity contribution >= 4 is 31.0 Å². The lowest BCUT2D eigenvalue weighted by Crippen LogP contribution is -2.15. The molecule has 0 aliphatic heterocycles. The van der Waals surface area contributed by atoms with Crippen LogP contribution in [-0.4, -0.2) is 14.0 Å². The third kappa shape index (κ3) is 3.70. The Morgan fingerprint density at radius 2 is 2.05 bits per heavy atom. The van der Waals surface area contributed by atoms with E-state index < -0.39 is 0 Å². The van der Waals surface area contributed by atoms with Gasteiger partial charge in [-0.1, -0.05) is 54.2 Å². The summed E-state index contributed by atoms with van der Waals surface area (Å²) in [7, 11) is 5.71. The molecule has 100 valence electrons. The van der Waals surface area contributed by atoms with E-state index in [0.717, 1.165) is 25.0 Å². The summed E-state index contributed by atoms with van der Waals surface area (Å²) >= 11 is 12.3. The SMILES string of the molecule is [B]C1=CCC(OC2=C(Cl)C=C(C(C)C)CC2)C=C1Cl. The largest absolute Gasteiger partial charge is 0.489 e. The van der Waals surface area contributed by atoms with Gasteiger partial charge in [0.2, 0.25) is 0 Å². The minimum atomic E-state index is -0.0717. The zero-order chi connectivity index (χ0) is 14.0. The molecule has 0 bridgehead atoms. The predicted molar refractivity (Wildman–Crippen MR) is 82.3 cm³/mol. The van der Waals surface area contributed by atoms with E-state index in [0.29, 0.717) is 21.5 Å². The highest BCUT2D eigenvalue weighted by Gasteiger charge is 2.19. The second-order valence-corrected chi connectivity index (χ2v) is 6.03. The summed E-state index contributed by atoms with van der Waals surface area (Å²) in [5.41, 5.74) is 1.99. The van der Waals surface area contributed by atoms with E-state index in [1.807, 2.05) is 18.2 Å². The van der Waals surface area contributed by atoms with Crippen molar-refractivity contribution in [2.45, 2.75) is 39.2 Å². The molecule has 1 nitrogen and oxygen atoms in total. The van der Waals surface area contributed by atoms with E-state index in [9.17, 15) is 0 Å². The van der Waals surface area contributed by atoms with Crippen LogP contribution in [0, 0.1) is 5.92 Å². The van der Waals surface area contributed by atoms with Gasteiger partial charge in [0.15, 0.2) is 0 Å². The molecule has 4 heteroatoms. The Labute approximate surface area is 126 Å². The van der Waals surface area contributed by atoms with Gasteiger partial charge in [-0.2, -0.15) is 0 Å². The van der Waals surface area contributed by atoms with E-state index in [2.05, 4.69) is 13.8 Å². The Morgan fingerprint density at radius 3 is 2.63 bits per heavy atom. The topological polar surface area (TPSA) is 9.23 Å². The predicted octanol–water partition coefficient (Wildman–Crippen LogP) is 4.78. The first-order chi connectivity index (χ1) is 8.97. The number of rotatable bonds is 3.